The third kappa shape index (κ3) is 5.00. The van der Waals surface area contributed by atoms with Crippen molar-refractivity contribution >= 4 is 11.8 Å². The van der Waals surface area contributed by atoms with Crippen LogP contribution in [0.2, 0.25) is 0 Å². The van der Waals surface area contributed by atoms with Gasteiger partial charge < -0.3 is 19.1 Å². The van der Waals surface area contributed by atoms with Crippen molar-refractivity contribution in [3.05, 3.63) is 47.6 Å². The molecule has 154 valence electrons. The molecule has 8 heteroatoms. The molecule has 29 heavy (non-hydrogen) atoms. The molecule has 0 bridgehead atoms. The number of hydrogen-bond acceptors (Lipinski definition) is 6. The Balaban J connectivity index is 1.21. The van der Waals surface area contributed by atoms with Crippen molar-refractivity contribution in [3.63, 3.8) is 0 Å². The highest BCUT2D eigenvalue weighted by molar-refractivity contribution is 5.86. The molecule has 4 rings (SSSR count). The third-order valence-corrected chi connectivity index (χ3v) is 5.45. The van der Waals surface area contributed by atoms with E-state index in [1.165, 1.54) is 0 Å². The summed E-state index contributed by atoms with van der Waals surface area (Å²) < 4.78 is 11.1. The van der Waals surface area contributed by atoms with E-state index >= 15 is 0 Å². The van der Waals surface area contributed by atoms with E-state index in [1.807, 2.05) is 30.3 Å². The maximum absolute atomic E-state index is 12.5. The number of amides is 2. The normalized spacial score (nSPS) is 19.3. The van der Waals surface area contributed by atoms with E-state index in [9.17, 15) is 9.59 Å². The summed E-state index contributed by atoms with van der Waals surface area (Å²) in [6.45, 7) is 3.16. The van der Waals surface area contributed by atoms with E-state index in [2.05, 4.69) is 10.1 Å². The third-order valence-electron chi connectivity index (χ3n) is 5.45. The summed E-state index contributed by atoms with van der Waals surface area (Å²) in [5, 5.41) is 4.05. The van der Waals surface area contributed by atoms with Crippen LogP contribution in [0.4, 0.5) is 0 Å². The van der Waals surface area contributed by atoms with Gasteiger partial charge >= 0.3 is 0 Å². The van der Waals surface area contributed by atoms with Crippen LogP contribution in [-0.2, 0) is 27.4 Å². The van der Waals surface area contributed by atoms with Crippen molar-refractivity contribution in [3.8, 4) is 0 Å². The number of nitrogens with zero attached hydrogens (tertiary/aromatic N) is 4. The predicted molar refractivity (Wildman–Crippen MR) is 104 cm³/mol. The SMILES string of the molecule is O=C1CCCN1CC(=O)N1CCC(c2nc(CCOCc3ccccc3)no2)C1. The Labute approximate surface area is 169 Å². The van der Waals surface area contributed by atoms with Crippen LogP contribution in [-0.4, -0.2) is 64.5 Å². The van der Waals surface area contributed by atoms with Crippen LogP contribution in [0.5, 0.6) is 0 Å². The summed E-state index contributed by atoms with van der Waals surface area (Å²) in [7, 11) is 0. The van der Waals surface area contributed by atoms with Crippen molar-refractivity contribution in [2.24, 2.45) is 0 Å². The second kappa shape index (κ2) is 9.17. The highest BCUT2D eigenvalue weighted by Gasteiger charge is 2.32. The zero-order valence-electron chi connectivity index (χ0n) is 16.5. The predicted octanol–water partition coefficient (Wildman–Crippen LogP) is 1.77. The van der Waals surface area contributed by atoms with Crippen molar-refractivity contribution in [1.82, 2.24) is 19.9 Å². The Morgan fingerprint density at radius 3 is 2.90 bits per heavy atom. The van der Waals surface area contributed by atoms with Gasteiger partial charge in [0.1, 0.15) is 0 Å². The molecular weight excluding hydrogens is 372 g/mol. The van der Waals surface area contributed by atoms with Crippen LogP contribution in [0, 0.1) is 0 Å². The first-order valence-corrected chi connectivity index (χ1v) is 10.2. The van der Waals surface area contributed by atoms with Gasteiger partial charge in [0, 0.05) is 32.5 Å². The molecule has 0 spiro atoms. The van der Waals surface area contributed by atoms with Gasteiger partial charge in [0.25, 0.3) is 0 Å². The van der Waals surface area contributed by atoms with Crippen molar-refractivity contribution in [2.45, 2.75) is 38.2 Å². The number of aromatic nitrogens is 2. The largest absolute Gasteiger partial charge is 0.376 e. The van der Waals surface area contributed by atoms with Crippen molar-refractivity contribution in [2.75, 3.05) is 32.8 Å². The zero-order valence-corrected chi connectivity index (χ0v) is 16.5. The smallest absolute Gasteiger partial charge is 0.242 e. The fraction of sp³-hybridized carbons (Fsp3) is 0.524. The molecule has 2 fully saturated rings. The average molecular weight is 398 g/mol. The highest BCUT2D eigenvalue weighted by atomic mass is 16.5. The molecule has 3 heterocycles. The highest BCUT2D eigenvalue weighted by Crippen LogP contribution is 2.26. The molecule has 2 aromatic rings. The van der Waals surface area contributed by atoms with Crippen LogP contribution in [0.25, 0.3) is 0 Å². The Morgan fingerprint density at radius 2 is 2.10 bits per heavy atom. The lowest BCUT2D eigenvalue weighted by molar-refractivity contribution is -0.137. The molecule has 1 aromatic heterocycles. The van der Waals surface area contributed by atoms with Crippen molar-refractivity contribution < 1.29 is 18.8 Å². The van der Waals surface area contributed by atoms with Gasteiger partial charge in [-0.25, -0.2) is 0 Å². The van der Waals surface area contributed by atoms with E-state index in [0.717, 1.165) is 18.4 Å². The Hall–Kier alpha value is -2.74. The van der Waals surface area contributed by atoms with E-state index in [4.69, 9.17) is 9.26 Å². The first-order valence-electron chi connectivity index (χ1n) is 10.2. The quantitative estimate of drug-likeness (QED) is 0.630. The van der Waals surface area contributed by atoms with E-state index in [-0.39, 0.29) is 24.3 Å². The molecule has 2 amide bonds. The summed E-state index contributed by atoms with van der Waals surface area (Å²) in [6, 6.07) is 10.0. The van der Waals surface area contributed by atoms with Gasteiger partial charge in [-0.3, -0.25) is 9.59 Å². The van der Waals surface area contributed by atoms with Gasteiger partial charge in [-0.2, -0.15) is 4.98 Å². The van der Waals surface area contributed by atoms with Gasteiger partial charge in [-0.1, -0.05) is 35.5 Å². The molecular formula is C21H26N4O4. The molecule has 2 aliphatic heterocycles. The number of likely N-dealkylation sites (tertiary alicyclic amines) is 2. The minimum atomic E-state index is -0.00296. The molecule has 0 radical (unpaired) electrons. The summed E-state index contributed by atoms with van der Waals surface area (Å²) >= 11 is 0. The average Bonchev–Trinajstić information content (AvgIpc) is 3.47. The van der Waals surface area contributed by atoms with Crippen LogP contribution >= 0.6 is 0 Å². The van der Waals surface area contributed by atoms with Gasteiger partial charge in [-0.15, -0.1) is 0 Å². The molecule has 1 aromatic carbocycles. The second-order valence-corrected chi connectivity index (χ2v) is 7.58. The molecule has 1 atom stereocenters. The molecule has 0 aliphatic carbocycles. The van der Waals surface area contributed by atoms with E-state index < -0.39 is 0 Å². The number of carbonyl (C=O) groups excluding carboxylic acids is 2. The first-order chi connectivity index (χ1) is 14.2. The number of benzene rings is 1. The van der Waals surface area contributed by atoms with Crippen LogP contribution in [0.15, 0.2) is 34.9 Å². The summed E-state index contributed by atoms with van der Waals surface area (Å²) in [5.41, 5.74) is 1.13. The zero-order chi connectivity index (χ0) is 20.1. The molecule has 8 nitrogen and oxygen atoms in total. The minimum Gasteiger partial charge on any atom is -0.376 e. The minimum absolute atomic E-state index is 0.00296. The topological polar surface area (TPSA) is 88.8 Å². The van der Waals surface area contributed by atoms with Crippen LogP contribution in [0.3, 0.4) is 0 Å². The number of ether oxygens (including phenoxy) is 1. The Kier molecular flexibility index (Phi) is 6.19. The Bertz CT molecular complexity index is 838. The molecule has 0 N–H and O–H groups in total. The number of rotatable bonds is 8. The summed E-state index contributed by atoms with van der Waals surface area (Å²) in [5.74, 6) is 1.33. The first kappa shape index (κ1) is 19.6. The molecule has 2 saturated heterocycles. The maximum atomic E-state index is 12.5. The number of hydrogen-bond donors (Lipinski definition) is 0. The standard InChI is InChI=1S/C21H26N4O4/c26-19-7-4-10-24(19)14-20(27)25-11-8-17(13-25)21-22-18(23-29-21)9-12-28-15-16-5-2-1-3-6-16/h1-3,5-6,17H,4,7-15H2. The molecule has 0 saturated carbocycles. The summed E-state index contributed by atoms with van der Waals surface area (Å²) in [6.07, 6.45) is 2.78. The van der Waals surface area contributed by atoms with Gasteiger partial charge in [0.15, 0.2) is 5.82 Å². The monoisotopic (exact) mass is 398 g/mol. The van der Waals surface area contributed by atoms with E-state index in [1.54, 1.807) is 9.80 Å². The maximum Gasteiger partial charge on any atom is 0.242 e. The van der Waals surface area contributed by atoms with Crippen molar-refractivity contribution in [1.29, 1.82) is 0 Å². The van der Waals surface area contributed by atoms with Gasteiger partial charge in [0.05, 0.1) is 25.7 Å². The van der Waals surface area contributed by atoms with Crippen LogP contribution in [0.1, 0.15) is 42.5 Å². The van der Waals surface area contributed by atoms with Gasteiger partial charge in [-0.05, 0) is 18.4 Å². The lowest BCUT2D eigenvalue weighted by Gasteiger charge is -2.20. The van der Waals surface area contributed by atoms with E-state index in [0.29, 0.717) is 57.4 Å². The van der Waals surface area contributed by atoms with Crippen LogP contribution < -0.4 is 0 Å². The summed E-state index contributed by atoms with van der Waals surface area (Å²) in [4.78, 5) is 32.1. The fourth-order valence-corrected chi connectivity index (χ4v) is 3.79. The molecule has 2 aliphatic rings. The molecule has 1 unspecified atom stereocenters. The number of carbonyl (C=O) groups is 2. The van der Waals surface area contributed by atoms with Gasteiger partial charge in [0.2, 0.25) is 17.7 Å². The Morgan fingerprint density at radius 1 is 1.24 bits per heavy atom. The lowest BCUT2D eigenvalue weighted by Crippen LogP contribution is -2.39. The lowest BCUT2D eigenvalue weighted by atomic mass is 10.1. The fourth-order valence-electron chi connectivity index (χ4n) is 3.79. The second-order valence-electron chi connectivity index (χ2n) is 7.58.